The maximum absolute atomic E-state index is 13.4. The van der Waals surface area contributed by atoms with Crippen molar-refractivity contribution in [1.29, 1.82) is 0 Å². The van der Waals surface area contributed by atoms with Crippen molar-refractivity contribution in [2.75, 3.05) is 40.9 Å². The number of ether oxygens (including phenoxy) is 1. The lowest BCUT2D eigenvalue weighted by Crippen LogP contribution is -2.47. The molecule has 9 nitrogen and oxygen atoms in total. The van der Waals surface area contributed by atoms with Crippen LogP contribution in [0.5, 0.6) is 0 Å². The Balaban J connectivity index is 5.56. The zero-order valence-corrected chi connectivity index (χ0v) is 43.6. The van der Waals surface area contributed by atoms with Gasteiger partial charge in [-0.15, -0.1) is 0 Å². The first kappa shape index (κ1) is 62.4. The lowest BCUT2D eigenvalue weighted by Gasteiger charge is -2.27. The van der Waals surface area contributed by atoms with Crippen molar-refractivity contribution in [2.24, 2.45) is 0 Å². The average Bonchev–Trinajstić information content (AvgIpc) is 3.26. The largest absolute Gasteiger partial charge is 0.472 e. The monoisotopic (exact) mass is 932 g/mol. The van der Waals surface area contributed by atoms with E-state index < -0.39 is 25.9 Å². The van der Waals surface area contributed by atoms with E-state index in [2.05, 4.69) is 74.7 Å². The van der Waals surface area contributed by atoms with Gasteiger partial charge in [0.25, 0.3) is 0 Å². The topological polar surface area (TPSA) is 111 Å². The minimum absolute atomic E-state index is 0.0258. The molecule has 376 valence electrons. The Morgan fingerprint density at radius 1 is 0.569 bits per heavy atom. The van der Waals surface area contributed by atoms with Crippen LogP contribution in [0, 0.1) is 0 Å². The first-order valence-electron chi connectivity index (χ1n) is 26.3. The van der Waals surface area contributed by atoms with Crippen LogP contribution < -0.4 is 5.32 Å². The molecule has 0 aliphatic rings. The van der Waals surface area contributed by atoms with E-state index in [4.69, 9.17) is 13.8 Å². The molecule has 3 atom stereocenters. The van der Waals surface area contributed by atoms with Crippen molar-refractivity contribution in [3.8, 4) is 0 Å². The van der Waals surface area contributed by atoms with Gasteiger partial charge in [0, 0.05) is 12.8 Å². The van der Waals surface area contributed by atoms with Crippen molar-refractivity contribution < 1.29 is 37.3 Å². The van der Waals surface area contributed by atoms with Crippen LogP contribution in [0.4, 0.5) is 0 Å². The van der Waals surface area contributed by atoms with Crippen LogP contribution in [0.1, 0.15) is 213 Å². The predicted octanol–water partition coefficient (Wildman–Crippen LogP) is 15.3. The van der Waals surface area contributed by atoms with Crippen molar-refractivity contribution in [3.05, 3.63) is 72.9 Å². The van der Waals surface area contributed by atoms with Crippen molar-refractivity contribution in [1.82, 2.24) is 5.32 Å². The number of likely N-dealkylation sites (N-methyl/N-ethyl adjacent to an activating group) is 1. The number of rotatable bonds is 46. The van der Waals surface area contributed by atoms with Gasteiger partial charge >= 0.3 is 13.8 Å². The number of unbranched alkanes of at least 4 members (excludes halogenated alkanes) is 22. The Kier molecular flexibility index (Phi) is 43.5. The molecule has 0 saturated carbocycles. The Morgan fingerprint density at radius 3 is 1.62 bits per heavy atom. The van der Waals surface area contributed by atoms with E-state index in [1.165, 1.54) is 96.3 Å². The van der Waals surface area contributed by atoms with Crippen molar-refractivity contribution >= 4 is 19.7 Å². The van der Waals surface area contributed by atoms with E-state index in [1.807, 2.05) is 45.4 Å². The van der Waals surface area contributed by atoms with Crippen molar-refractivity contribution in [2.45, 2.75) is 226 Å². The SMILES string of the molecule is CC/C=C/C=C/C=C\CCCCCCCC(=O)NC(COP(=O)(O)OCC[N+](C)(C)C)C(/C=C/CCCCCCCCCCCCC)OC(=O)CC/C=C/C/C=C\CCCCCCCC. The maximum Gasteiger partial charge on any atom is 0.472 e. The number of hydrogen-bond acceptors (Lipinski definition) is 6. The van der Waals surface area contributed by atoms with E-state index in [0.717, 1.165) is 70.6 Å². The fourth-order valence-corrected chi connectivity index (χ4v) is 7.84. The van der Waals surface area contributed by atoms with Gasteiger partial charge in [-0.1, -0.05) is 203 Å². The number of carbonyl (C=O) groups is 2. The van der Waals surface area contributed by atoms with Crippen LogP contribution in [-0.4, -0.2) is 74.3 Å². The smallest absolute Gasteiger partial charge is 0.456 e. The number of hydrogen-bond donors (Lipinski definition) is 2. The molecular formula is C55H100N2O7P+. The van der Waals surface area contributed by atoms with Gasteiger partial charge in [0.1, 0.15) is 19.3 Å². The molecule has 0 spiro atoms. The predicted molar refractivity (Wildman–Crippen MR) is 277 cm³/mol. The molecule has 65 heavy (non-hydrogen) atoms. The molecular weight excluding hydrogens is 832 g/mol. The number of amides is 1. The summed E-state index contributed by atoms with van der Waals surface area (Å²) < 4.78 is 30.4. The summed E-state index contributed by atoms with van der Waals surface area (Å²) in [5.41, 5.74) is 0. The molecule has 0 saturated heterocycles. The number of nitrogens with one attached hydrogen (secondary N) is 1. The van der Waals surface area contributed by atoms with Gasteiger partial charge in [-0.3, -0.25) is 18.6 Å². The highest BCUT2D eigenvalue weighted by Crippen LogP contribution is 2.43. The minimum Gasteiger partial charge on any atom is -0.456 e. The maximum atomic E-state index is 13.4. The van der Waals surface area contributed by atoms with Crippen LogP contribution in [0.2, 0.25) is 0 Å². The van der Waals surface area contributed by atoms with Crippen molar-refractivity contribution in [3.63, 3.8) is 0 Å². The highest BCUT2D eigenvalue weighted by molar-refractivity contribution is 7.47. The standard InChI is InChI=1S/C55H99N2O7P/c1-7-10-13-16-19-22-25-28-31-34-37-40-43-46-53(64-55(59)48-45-42-39-36-33-30-27-24-21-18-15-12-9-3)52(51-63-65(60,61)62-50-49-57(4,5)6)56-54(58)47-44-41-38-35-32-29-26-23-20-17-14-11-8-2/h11,14,17,20,23,26,30,33,39,42-43,46,52-53H,7-10,12-13,15-16,18-19,21-22,24-25,27-29,31-32,34-38,40-41,44-45,47-51H2,1-6H3,(H-,56,58,60,61)/p+1/b14-11+,20-17+,26-23-,33-30-,42-39+,46-43+. The van der Waals surface area contributed by atoms with Gasteiger partial charge < -0.3 is 19.4 Å². The van der Waals surface area contributed by atoms with E-state index in [-0.39, 0.29) is 25.5 Å². The third kappa shape index (κ3) is 46.4. The molecule has 0 fully saturated rings. The van der Waals surface area contributed by atoms with Gasteiger partial charge in [-0.2, -0.15) is 0 Å². The molecule has 0 aromatic heterocycles. The van der Waals surface area contributed by atoms with Gasteiger partial charge in [-0.05, 0) is 70.3 Å². The quantitative estimate of drug-likeness (QED) is 0.0156. The normalized spacial score (nSPS) is 14.5. The lowest BCUT2D eigenvalue weighted by molar-refractivity contribution is -0.870. The summed E-state index contributed by atoms with van der Waals surface area (Å²) in [4.78, 5) is 37.4. The number of carbonyl (C=O) groups excluding carboxylic acids is 2. The third-order valence-electron chi connectivity index (χ3n) is 11.2. The second-order valence-electron chi connectivity index (χ2n) is 18.7. The van der Waals surface area contributed by atoms with Gasteiger partial charge in [0.15, 0.2) is 0 Å². The summed E-state index contributed by atoms with van der Waals surface area (Å²) >= 11 is 0. The fourth-order valence-electron chi connectivity index (χ4n) is 7.11. The molecule has 0 aromatic carbocycles. The summed E-state index contributed by atoms with van der Waals surface area (Å²) in [5, 5.41) is 3.01. The van der Waals surface area contributed by atoms with Crippen LogP contribution >= 0.6 is 7.82 Å². The first-order chi connectivity index (χ1) is 31.4. The molecule has 0 heterocycles. The van der Waals surface area contributed by atoms with Crippen LogP contribution in [-0.2, 0) is 27.9 Å². The van der Waals surface area contributed by atoms with Crippen LogP contribution in [0.15, 0.2) is 72.9 Å². The average molecular weight is 932 g/mol. The zero-order valence-electron chi connectivity index (χ0n) is 42.7. The van der Waals surface area contributed by atoms with Gasteiger partial charge in [0.2, 0.25) is 5.91 Å². The van der Waals surface area contributed by atoms with Crippen LogP contribution in [0.25, 0.3) is 0 Å². The Morgan fingerprint density at radius 2 is 1.06 bits per heavy atom. The molecule has 1 amide bonds. The lowest BCUT2D eigenvalue weighted by atomic mass is 10.0. The summed E-state index contributed by atoms with van der Waals surface area (Å²) in [6.07, 6.45) is 56.3. The summed E-state index contributed by atoms with van der Waals surface area (Å²) in [7, 11) is 1.45. The zero-order chi connectivity index (χ0) is 48.0. The molecule has 0 radical (unpaired) electrons. The van der Waals surface area contributed by atoms with Crippen LogP contribution in [0.3, 0.4) is 0 Å². The third-order valence-corrected chi connectivity index (χ3v) is 12.2. The molecule has 10 heteroatoms. The molecule has 3 unspecified atom stereocenters. The molecule has 0 aliphatic carbocycles. The van der Waals surface area contributed by atoms with Gasteiger partial charge in [-0.25, -0.2) is 4.57 Å². The number of phosphoric acid groups is 1. The summed E-state index contributed by atoms with van der Waals surface area (Å²) in [5.74, 6) is -0.612. The first-order valence-corrected chi connectivity index (χ1v) is 27.8. The Bertz CT molecular complexity index is 1350. The molecule has 0 aliphatic heterocycles. The molecule has 0 aromatic rings. The Labute approximate surface area is 400 Å². The van der Waals surface area contributed by atoms with E-state index in [1.54, 1.807) is 0 Å². The highest BCUT2D eigenvalue weighted by atomic mass is 31.2. The Hall–Kier alpha value is -2.55. The summed E-state index contributed by atoms with van der Waals surface area (Å²) in [6.45, 7) is 6.79. The van der Waals surface area contributed by atoms with E-state index >= 15 is 0 Å². The van der Waals surface area contributed by atoms with Gasteiger partial charge in [0.05, 0.1) is 33.8 Å². The second-order valence-corrected chi connectivity index (χ2v) is 20.2. The number of allylic oxidation sites excluding steroid dienone is 11. The number of quaternary nitrogens is 1. The summed E-state index contributed by atoms with van der Waals surface area (Å²) in [6, 6.07) is -0.881. The molecule has 2 N–H and O–H groups in total. The fraction of sp³-hybridized carbons (Fsp3) is 0.745. The van der Waals surface area contributed by atoms with E-state index in [9.17, 15) is 19.0 Å². The minimum atomic E-state index is -4.46. The highest BCUT2D eigenvalue weighted by Gasteiger charge is 2.30. The number of nitrogens with zero attached hydrogens (tertiary/aromatic N) is 1. The second kappa shape index (κ2) is 45.2. The van der Waals surface area contributed by atoms with E-state index in [0.29, 0.717) is 30.3 Å². The molecule has 0 bridgehead atoms. The number of phosphoric ester groups is 1. The molecule has 0 rings (SSSR count). The number of esters is 1.